The molecule has 1 N–H and O–H groups in total. The van der Waals surface area contributed by atoms with E-state index in [0.717, 1.165) is 17.5 Å². The van der Waals surface area contributed by atoms with Gasteiger partial charge in [0.15, 0.2) is 0 Å². The summed E-state index contributed by atoms with van der Waals surface area (Å²) < 4.78 is 1.22. The Morgan fingerprint density at radius 2 is 1.73 bits per heavy atom. The number of aryl methyl sites for hydroxylation is 1. The van der Waals surface area contributed by atoms with E-state index in [-0.39, 0.29) is 17.9 Å². The third-order valence-corrected chi connectivity index (χ3v) is 3.44. The molecule has 0 spiro atoms. The van der Waals surface area contributed by atoms with Crippen molar-refractivity contribution < 1.29 is 14.7 Å². The highest BCUT2D eigenvalue weighted by Gasteiger charge is 2.16. The summed E-state index contributed by atoms with van der Waals surface area (Å²) in [7, 11) is 0. The summed E-state index contributed by atoms with van der Waals surface area (Å²) in [5.74, 6) is -1.51. The van der Waals surface area contributed by atoms with Crippen LogP contribution in [0.4, 0.5) is 0 Å². The second-order valence-electron chi connectivity index (χ2n) is 5.08. The molecule has 114 valence electrons. The van der Waals surface area contributed by atoms with Crippen molar-refractivity contribution in [2.75, 3.05) is 0 Å². The molecule has 2 rings (SSSR count). The van der Waals surface area contributed by atoms with Crippen LogP contribution < -0.4 is 5.56 Å². The van der Waals surface area contributed by atoms with E-state index >= 15 is 0 Å². The zero-order valence-electron chi connectivity index (χ0n) is 12.5. The maximum Gasteiger partial charge on any atom is 0.341 e. The molecule has 22 heavy (non-hydrogen) atoms. The highest BCUT2D eigenvalue weighted by atomic mass is 16.4. The Morgan fingerprint density at radius 3 is 2.23 bits per heavy atom. The van der Waals surface area contributed by atoms with Crippen molar-refractivity contribution in [1.82, 2.24) is 4.57 Å². The number of aromatic nitrogens is 1. The summed E-state index contributed by atoms with van der Waals surface area (Å²) in [5, 5.41) is 9.06. The summed E-state index contributed by atoms with van der Waals surface area (Å²) >= 11 is 0. The van der Waals surface area contributed by atoms with Gasteiger partial charge < -0.3 is 9.67 Å². The van der Waals surface area contributed by atoms with Crippen LogP contribution in [0.2, 0.25) is 0 Å². The topological polar surface area (TPSA) is 76.4 Å². The SMILES string of the molecule is CCc1ccc(-c2ccc(C(=O)O)c(=O)n2CC(C)=O)cc1. The standard InChI is InChI=1S/C17H17NO4/c1-3-12-4-6-13(7-5-12)15-9-8-14(17(21)22)16(20)18(15)10-11(2)19/h4-9H,3,10H2,1-2H3,(H,21,22). The minimum atomic E-state index is -1.30. The van der Waals surface area contributed by atoms with Crippen LogP contribution in [0.25, 0.3) is 11.3 Å². The Hall–Kier alpha value is -2.69. The molecule has 0 amide bonds. The van der Waals surface area contributed by atoms with Gasteiger partial charge in [-0.05, 0) is 36.6 Å². The van der Waals surface area contributed by atoms with Crippen molar-refractivity contribution in [3.63, 3.8) is 0 Å². The molecule has 0 unspecified atom stereocenters. The third kappa shape index (κ3) is 3.14. The van der Waals surface area contributed by atoms with E-state index in [4.69, 9.17) is 5.11 Å². The maximum atomic E-state index is 12.3. The lowest BCUT2D eigenvalue weighted by molar-refractivity contribution is -0.117. The average molecular weight is 299 g/mol. The molecule has 1 aromatic carbocycles. The summed E-state index contributed by atoms with van der Waals surface area (Å²) in [4.78, 5) is 34.8. The van der Waals surface area contributed by atoms with Crippen molar-refractivity contribution in [2.45, 2.75) is 26.8 Å². The van der Waals surface area contributed by atoms with E-state index in [1.807, 2.05) is 31.2 Å². The second kappa shape index (κ2) is 6.39. The molecule has 1 aromatic heterocycles. The highest BCUT2D eigenvalue weighted by Crippen LogP contribution is 2.19. The molecule has 5 heteroatoms. The summed E-state index contributed by atoms with van der Waals surface area (Å²) in [6.07, 6.45) is 0.901. The molecule has 0 aliphatic carbocycles. The van der Waals surface area contributed by atoms with Crippen LogP contribution in [0.15, 0.2) is 41.2 Å². The van der Waals surface area contributed by atoms with E-state index in [1.54, 1.807) is 6.07 Å². The van der Waals surface area contributed by atoms with Crippen molar-refractivity contribution in [3.05, 3.63) is 57.9 Å². The van der Waals surface area contributed by atoms with E-state index in [2.05, 4.69) is 0 Å². The Kier molecular flexibility index (Phi) is 4.56. The van der Waals surface area contributed by atoms with E-state index in [1.165, 1.54) is 17.6 Å². The minimum Gasteiger partial charge on any atom is -0.477 e. The van der Waals surface area contributed by atoms with Gasteiger partial charge in [-0.3, -0.25) is 9.59 Å². The smallest absolute Gasteiger partial charge is 0.341 e. The summed E-state index contributed by atoms with van der Waals surface area (Å²) in [5.41, 5.74) is 1.46. The van der Waals surface area contributed by atoms with Crippen LogP contribution in [-0.4, -0.2) is 21.4 Å². The van der Waals surface area contributed by atoms with Crippen LogP contribution in [0, 0.1) is 0 Å². The predicted molar refractivity (Wildman–Crippen MR) is 83.2 cm³/mol. The van der Waals surface area contributed by atoms with Crippen LogP contribution in [0.3, 0.4) is 0 Å². The van der Waals surface area contributed by atoms with Gasteiger partial charge in [0.1, 0.15) is 11.3 Å². The first-order valence-corrected chi connectivity index (χ1v) is 7.00. The fourth-order valence-electron chi connectivity index (χ4n) is 2.28. The third-order valence-electron chi connectivity index (χ3n) is 3.44. The van der Waals surface area contributed by atoms with Gasteiger partial charge in [-0.1, -0.05) is 31.2 Å². The number of hydrogen-bond acceptors (Lipinski definition) is 3. The molecule has 2 aromatic rings. The molecule has 0 atom stereocenters. The normalized spacial score (nSPS) is 10.5. The number of benzene rings is 1. The lowest BCUT2D eigenvalue weighted by atomic mass is 10.1. The van der Waals surface area contributed by atoms with E-state index in [9.17, 15) is 14.4 Å². The van der Waals surface area contributed by atoms with Crippen molar-refractivity contribution in [3.8, 4) is 11.3 Å². The van der Waals surface area contributed by atoms with Gasteiger partial charge in [-0.25, -0.2) is 4.79 Å². The number of ketones is 1. The molecule has 5 nitrogen and oxygen atoms in total. The first-order valence-electron chi connectivity index (χ1n) is 7.00. The molecule has 1 heterocycles. The molecule has 0 aliphatic heterocycles. The molecule has 0 saturated heterocycles. The Bertz CT molecular complexity index is 772. The quantitative estimate of drug-likeness (QED) is 0.919. The van der Waals surface area contributed by atoms with Gasteiger partial charge in [0.25, 0.3) is 5.56 Å². The largest absolute Gasteiger partial charge is 0.477 e. The highest BCUT2D eigenvalue weighted by molar-refractivity contribution is 5.88. The number of carbonyl (C=O) groups excluding carboxylic acids is 1. The summed E-state index contributed by atoms with van der Waals surface area (Å²) in [6.45, 7) is 3.26. The van der Waals surface area contributed by atoms with Gasteiger partial charge in [0.05, 0.1) is 12.2 Å². The van der Waals surface area contributed by atoms with E-state index < -0.39 is 11.5 Å². The predicted octanol–water partition coefficient (Wildman–Crippen LogP) is 2.36. The van der Waals surface area contributed by atoms with Crippen molar-refractivity contribution in [2.24, 2.45) is 0 Å². The number of aromatic carboxylic acids is 1. The van der Waals surface area contributed by atoms with Gasteiger partial charge in [-0.15, -0.1) is 0 Å². The minimum absolute atomic E-state index is 0.148. The molecule has 0 fully saturated rings. The summed E-state index contributed by atoms with van der Waals surface area (Å²) in [6, 6.07) is 10.5. The lowest BCUT2D eigenvalue weighted by Crippen LogP contribution is -2.29. The molecule has 0 radical (unpaired) electrons. The van der Waals surface area contributed by atoms with Crippen LogP contribution in [-0.2, 0) is 17.8 Å². The zero-order chi connectivity index (χ0) is 16.3. The second-order valence-corrected chi connectivity index (χ2v) is 5.08. The van der Waals surface area contributed by atoms with Crippen LogP contribution in [0.5, 0.6) is 0 Å². The number of rotatable bonds is 5. The van der Waals surface area contributed by atoms with Gasteiger partial charge in [0, 0.05) is 0 Å². The molecular weight excluding hydrogens is 282 g/mol. The molecule has 0 saturated carbocycles. The zero-order valence-corrected chi connectivity index (χ0v) is 12.5. The first-order chi connectivity index (χ1) is 10.4. The fourth-order valence-corrected chi connectivity index (χ4v) is 2.28. The first kappa shape index (κ1) is 15.7. The lowest BCUT2D eigenvalue weighted by Gasteiger charge is -2.13. The number of nitrogens with zero attached hydrogens (tertiary/aromatic N) is 1. The number of carboxylic acid groups (broad SMARTS) is 1. The van der Waals surface area contributed by atoms with Gasteiger partial charge in [-0.2, -0.15) is 0 Å². The fraction of sp³-hybridized carbons (Fsp3) is 0.235. The molecule has 0 bridgehead atoms. The number of Topliss-reactive ketones (excluding diaryl/α,β-unsaturated/α-hetero) is 1. The van der Waals surface area contributed by atoms with Gasteiger partial charge >= 0.3 is 5.97 Å². The molecular formula is C17H17NO4. The van der Waals surface area contributed by atoms with Crippen LogP contribution >= 0.6 is 0 Å². The number of carboxylic acids is 1. The Balaban J connectivity index is 2.63. The monoisotopic (exact) mass is 299 g/mol. The van der Waals surface area contributed by atoms with Crippen molar-refractivity contribution >= 4 is 11.8 Å². The average Bonchev–Trinajstić information content (AvgIpc) is 2.48. The number of hydrogen-bond donors (Lipinski definition) is 1. The maximum absolute atomic E-state index is 12.3. The number of carbonyl (C=O) groups is 2. The molecule has 0 aliphatic rings. The van der Waals surface area contributed by atoms with Crippen molar-refractivity contribution in [1.29, 1.82) is 0 Å². The van der Waals surface area contributed by atoms with E-state index in [0.29, 0.717) is 5.69 Å². The van der Waals surface area contributed by atoms with Crippen LogP contribution in [0.1, 0.15) is 29.8 Å². The Morgan fingerprint density at radius 1 is 1.09 bits per heavy atom. The Labute approximate surface area is 127 Å². The van der Waals surface area contributed by atoms with Gasteiger partial charge in [0.2, 0.25) is 0 Å². The number of pyridine rings is 1.